The summed E-state index contributed by atoms with van der Waals surface area (Å²) in [5.74, 6) is 1.69. The van der Waals surface area contributed by atoms with E-state index in [9.17, 15) is 13.2 Å². The van der Waals surface area contributed by atoms with Crippen LogP contribution in [-0.2, 0) is 25.3 Å². The fourth-order valence-electron chi connectivity index (χ4n) is 2.83. The first-order chi connectivity index (χ1) is 14.0. The lowest BCUT2D eigenvalue weighted by Gasteiger charge is -2.26. The van der Waals surface area contributed by atoms with E-state index >= 15 is 0 Å². The number of methoxy groups -OCH3 is 1. The van der Waals surface area contributed by atoms with Gasteiger partial charge in [0.25, 0.3) is 0 Å². The highest BCUT2D eigenvalue weighted by molar-refractivity contribution is 7.99. The fourth-order valence-corrected chi connectivity index (χ4v) is 5.02. The third-order valence-corrected chi connectivity index (χ3v) is 7.32. The Labute approximate surface area is 175 Å². The first-order valence-corrected chi connectivity index (χ1v) is 11.8. The van der Waals surface area contributed by atoms with Crippen molar-refractivity contribution in [1.82, 2.24) is 4.31 Å². The van der Waals surface area contributed by atoms with E-state index in [1.54, 1.807) is 19.2 Å². The van der Waals surface area contributed by atoms with Gasteiger partial charge in [0.05, 0.1) is 31.0 Å². The minimum atomic E-state index is -3.53. The molecule has 1 heterocycles. The van der Waals surface area contributed by atoms with Crippen molar-refractivity contribution in [3.63, 3.8) is 0 Å². The number of carbonyl (C=O) groups excluding carboxylic acids is 1. The Balaban J connectivity index is 1.49. The number of rotatable bonds is 8. The Hall–Kier alpha value is -2.07. The molecular weight excluding hydrogens is 412 g/mol. The number of amides is 1. The molecule has 0 spiro atoms. The van der Waals surface area contributed by atoms with E-state index in [-0.39, 0.29) is 10.8 Å². The smallest absolute Gasteiger partial charge is 0.243 e. The van der Waals surface area contributed by atoms with Crippen LogP contribution >= 0.6 is 11.8 Å². The highest BCUT2D eigenvalue weighted by Crippen LogP contribution is 2.20. The lowest BCUT2D eigenvalue weighted by atomic mass is 10.2. The fraction of sp³-hybridized carbons (Fsp3) is 0.350. The van der Waals surface area contributed by atoms with Crippen molar-refractivity contribution >= 4 is 33.4 Å². The van der Waals surface area contributed by atoms with Crippen LogP contribution < -0.4 is 10.1 Å². The SMILES string of the molecule is COc1ccc(CSCC(=O)Nc2ccc(S(=O)(=O)N3CCOCC3)cc2)cc1. The van der Waals surface area contributed by atoms with Crippen molar-refractivity contribution in [3.8, 4) is 5.75 Å². The zero-order valence-corrected chi connectivity index (χ0v) is 17.8. The van der Waals surface area contributed by atoms with Gasteiger partial charge >= 0.3 is 0 Å². The molecule has 2 aromatic carbocycles. The first kappa shape index (κ1) is 21.6. The maximum Gasteiger partial charge on any atom is 0.243 e. The second-order valence-corrected chi connectivity index (χ2v) is 9.35. The molecule has 0 aromatic heterocycles. The van der Waals surface area contributed by atoms with Gasteiger partial charge < -0.3 is 14.8 Å². The number of anilines is 1. The van der Waals surface area contributed by atoms with Crippen molar-refractivity contribution < 1.29 is 22.7 Å². The molecule has 0 aliphatic carbocycles. The van der Waals surface area contributed by atoms with Gasteiger partial charge in [-0.25, -0.2) is 8.42 Å². The zero-order chi connectivity index (χ0) is 20.7. The van der Waals surface area contributed by atoms with E-state index in [0.717, 1.165) is 11.3 Å². The molecule has 1 saturated heterocycles. The predicted molar refractivity (Wildman–Crippen MR) is 114 cm³/mol. The van der Waals surface area contributed by atoms with Crippen LogP contribution in [0, 0.1) is 0 Å². The molecular formula is C20H24N2O5S2. The molecule has 0 atom stereocenters. The van der Waals surface area contributed by atoms with Crippen LogP contribution in [-0.4, -0.2) is 57.8 Å². The van der Waals surface area contributed by atoms with E-state index in [1.807, 2.05) is 24.3 Å². The molecule has 1 aliphatic rings. The van der Waals surface area contributed by atoms with E-state index in [2.05, 4.69) is 5.32 Å². The van der Waals surface area contributed by atoms with Crippen molar-refractivity contribution in [3.05, 3.63) is 54.1 Å². The molecule has 0 bridgehead atoms. The second-order valence-electron chi connectivity index (χ2n) is 6.43. The standard InChI is InChI=1S/C20H24N2O5S2/c1-26-18-6-2-16(3-7-18)14-28-15-20(23)21-17-4-8-19(9-5-17)29(24,25)22-10-12-27-13-11-22/h2-9H,10-15H2,1H3,(H,21,23). The summed E-state index contributed by atoms with van der Waals surface area (Å²) in [5.41, 5.74) is 1.68. The summed E-state index contributed by atoms with van der Waals surface area (Å²) in [7, 11) is -1.91. The molecule has 9 heteroatoms. The summed E-state index contributed by atoms with van der Waals surface area (Å²) in [6.07, 6.45) is 0. The van der Waals surface area contributed by atoms with Gasteiger partial charge in [0.15, 0.2) is 0 Å². The molecule has 1 amide bonds. The number of benzene rings is 2. The number of sulfonamides is 1. The quantitative estimate of drug-likeness (QED) is 0.685. The van der Waals surface area contributed by atoms with Gasteiger partial charge in [-0.3, -0.25) is 4.79 Å². The lowest BCUT2D eigenvalue weighted by Crippen LogP contribution is -2.40. The van der Waals surface area contributed by atoms with Gasteiger partial charge in [-0.1, -0.05) is 12.1 Å². The average Bonchev–Trinajstić information content (AvgIpc) is 2.75. The third kappa shape index (κ3) is 5.96. The van der Waals surface area contributed by atoms with Crippen LogP contribution in [0.15, 0.2) is 53.4 Å². The Kier molecular flexibility index (Phi) is 7.54. The normalized spacial score (nSPS) is 15.1. The van der Waals surface area contributed by atoms with E-state index in [4.69, 9.17) is 9.47 Å². The number of carbonyl (C=O) groups is 1. The van der Waals surface area contributed by atoms with Crippen LogP contribution in [0.2, 0.25) is 0 Å². The molecule has 2 aromatic rings. The number of nitrogens with one attached hydrogen (secondary N) is 1. The molecule has 1 aliphatic heterocycles. The molecule has 0 unspecified atom stereocenters. The molecule has 7 nitrogen and oxygen atoms in total. The lowest BCUT2D eigenvalue weighted by molar-refractivity contribution is -0.113. The summed E-state index contributed by atoms with van der Waals surface area (Å²) >= 11 is 1.51. The largest absolute Gasteiger partial charge is 0.497 e. The van der Waals surface area contributed by atoms with E-state index in [1.165, 1.54) is 28.2 Å². The molecule has 3 rings (SSSR count). The van der Waals surface area contributed by atoms with Gasteiger partial charge in [-0.05, 0) is 42.0 Å². The van der Waals surface area contributed by atoms with Crippen molar-refractivity contribution in [2.45, 2.75) is 10.6 Å². The Morgan fingerprint density at radius 3 is 2.38 bits per heavy atom. The summed E-state index contributed by atoms with van der Waals surface area (Å²) in [4.78, 5) is 12.4. The molecule has 1 fully saturated rings. The summed E-state index contributed by atoms with van der Waals surface area (Å²) in [6, 6.07) is 14.0. The highest BCUT2D eigenvalue weighted by atomic mass is 32.2. The van der Waals surface area contributed by atoms with Crippen molar-refractivity contribution in [2.24, 2.45) is 0 Å². The zero-order valence-electron chi connectivity index (χ0n) is 16.2. The Bertz CT molecular complexity index is 909. The molecule has 1 N–H and O–H groups in total. The van der Waals surface area contributed by atoms with Gasteiger partial charge in [-0.2, -0.15) is 4.31 Å². The van der Waals surface area contributed by atoms with Gasteiger partial charge in [0.1, 0.15) is 5.75 Å². The van der Waals surface area contributed by atoms with Crippen LogP contribution in [0.3, 0.4) is 0 Å². The van der Waals surface area contributed by atoms with Gasteiger partial charge in [0, 0.05) is 24.5 Å². The van der Waals surface area contributed by atoms with Crippen molar-refractivity contribution in [1.29, 1.82) is 0 Å². The molecule has 29 heavy (non-hydrogen) atoms. The topological polar surface area (TPSA) is 84.9 Å². The predicted octanol–water partition coefficient (Wildman–Crippen LogP) is 2.59. The number of ether oxygens (including phenoxy) is 2. The summed E-state index contributed by atoms with van der Waals surface area (Å²) in [5, 5.41) is 2.80. The van der Waals surface area contributed by atoms with Crippen LogP contribution in [0.5, 0.6) is 5.75 Å². The van der Waals surface area contributed by atoms with E-state index < -0.39 is 10.0 Å². The van der Waals surface area contributed by atoms with Crippen LogP contribution in [0.4, 0.5) is 5.69 Å². The molecule has 156 valence electrons. The minimum absolute atomic E-state index is 0.132. The maximum atomic E-state index is 12.6. The maximum absolute atomic E-state index is 12.6. The minimum Gasteiger partial charge on any atom is -0.497 e. The second kappa shape index (κ2) is 10.1. The monoisotopic (exact) mass is 436 g/mol. The summed E-state index contributed by atoms with van der Waals surface area (Å²) in [6.45, 7) is 1.52. The van der Waals surface area contributed by atoms with Gasteiger partial charge in [-0.15, -0.1) is 11.8 Å². The number of hydrogen-bond donors (Lipinski definition) is 1. The number of morpholine rings is 1. The number of hydrogen-bond acceptors (Lipinski definition) is 6. The highest BCUT2D eigenvalue weighted by Gasteiger charge is 2.26. The van der Waals surface area contributed by atoms with E-state index in [0.29, 0.717) is 43.5 Å². The Morgan fingerprint density at radius 1 is 1.10 bits per heavy atom. The third-order valence-electron chi connectivity index (χ3n) is 4.41. The van der Waals surface area contributed by atoms with Crippen LogP contribution in [0.1, 0.15) is 5.56 Å². The Morgan fingerprint density at radius 2 is 1.76 bits per heavy atom. The average molecular weight is 437 g/mol. The number of nitrogens with zero attached hydrogens (tertiary/aromatic N) is 1. The molecule has 0 radical (unpaired) electrons. The van der Waals surface area contributed by atoms with Gasteiger partial charge in [0.2, 0.25) is 15.9 Å². The molecule has 0 saturated carbocycles. The summed E-state index contributed by atoms with van der Waals surface area (Å²) < 4.78 is 37.0. The number of thioether (sulfide) groups is 1. The van der Waals surface area contributed by atoms with Crippen molar-refractivity contribution in [2.75, 3.05) is 44.5 Å². The van der Waals surface area contributed by atoms with Crippen LogP contribution in [0.25, 0.3) is 0 Å². The first-order valence-electron chi connectivity index (χ1n) is 9.17.